The lowest BCUT2D eigenvalue weighted by atomic mass is 9.96. The van der Waals surface area contributed by atoms with E-state index in [2.05, 4.69) is 14.7 Å². The first kappa shape index (κ1) is 19.6. The number of halogens is 1. The average molecular weight is 412 g/mol. The Balaban J connectivity index is 1.77. The highest BCUT2D eigenvalue weighted by molar-refractivity contribution is 7.99. The van der Waals surface area contributed by atoms with Gasteiger partial charge in [0, 0.05) is 27.7 Å². The second-order valence-electron chi connectivity index (χ2n) is 6.56. The van der Waals surface area contributed by atoms with Crippen molar-refractivity contribution in [2.45, 2.75) is 60.9 Å². The van der Waals surface area contributed by atoms with E-state index in [1.165, 1.54) is 12.1 Å². The predicted octanol–water partition coefficient (Wildman–Crippen LogP) is 4.13. The van der Waals surface area contributed by atoms with Crippen molar-refractivity contribution < 1.29 is 8.42 Å². The molecule has 26 heavy (non-hydrogen) atoms. The monoisotopic (exact) mass is 411 g/mol. The van der Waals surface area contributed by atoms with E-state index in [9.17, 15) is 8.42 Å². The van der Waals surface area contributed by atoms with Crippen molar-refractivity contribution in [3.63, 3.8) is 0 Å². The van der Waals surface area contributed by atoms with Crippen LogP contribution >= 0.6 is 23.4 Å². The molecule has 1 aliphatic rings. The van der Waals surface area contributed by atoms with E-state index in [-0.39, 0.29) is 16.2 Å². The maximum Gasteiger partial charge on any atom is 0.240 e. The molecular weight excluding hydrogens is 390 g/mol. The Labute approximate surface area is 164 Å². The van der Waals surface area contributed by atoms with Crippen molar-refractivity contribution in [2.24, 2.45) is 0 Å². The molecule has 0 radical (unpaired) electrons. The Morgan fingerprint density at radius 1 is 1.08 bits per heavy atom. The first-order valence-corrected chi connectivity index (χ1v) is 11.3. The van der Waals surface area contributed by atoms with Crippen molar-refractivity contribution in [3.05, 3.63) is 46.7 Å². The van der Waals surface area contributed by atoms with Gasteiger partial charge in [0.25, 0.3) is 0 Å². The van der Waals surface area contributed by atoms with E-state index >= 15 is 0 Å². The van der Waals surface area contributed by atoms with Gasteiger partial charge in [0.2, 0.25) is 10.0 Å². The summed E-state index contributed by atoms with van der Waals surface area (Å²) < 4.78 is 28.3. The Kier molecular flexibility index (Phi) is 6.22. The Morgan fingerprint density at radius 3 is 2.35 bits per heavy atom. The van der Waals surface area contributed by atoms with Crippen LogP contribution in [-0.4, -0.2) is 29.7 Å². The molecule has 2 atom stereocenters. The molecule has 0 amide bonds. The average Bonchev–Trinajstić information content (AvgIpc) is 2.56. The van der Waals surface area contributed by atoms with Crippen LogP contribution in [0.25, 0.3) is 0 Å². The number of nitrogens with one attached hydrogen (secondary N) is 1. The summed E-state index contributed by atoms with van der Waals surface area (Å²) in [5, 5.41) is 1.35. The van der Waals surface area contributed by atoms with E-state index in [1.807, 2.05) is 19.9 Å². The van der Waals surface area contributed by atoms with Crippen LogP contribution in [0.15, 0.2) is 40.4 Å². The van der Waals surface area contributed by atoms with Crippen LogP contribution in [0.5, 0.6) is 0 Å². The zero-order valence-electron chi connectivity index (χ0n) is 14.8. The van der Waals surface area contributed by atoms with Crippen LogP contribution in [0.4, 0.5) is 0 Å². The van der Waals surface area contributed by atoms with E-state index in [0.717, 1.165) is 37.1 Å². The summed E-state index contributed by atoms with van der Waals surface area (Å²) in [5.74, 6) is 0. The van der Waals surface area contributed by atoms with Crippen molar-refractivity contribution in [1.82, 2.24) is 14.7 Å². The molecule has 8 heteroatoms. The van der Waals surface area contributed by atoms with E-state index < -0.39 is 10.0 Å². The molecule has 1 fully saturated rings. The summed E-state index contributed by atoms with van der Waals surface area (Å²) in [5.41, 5.74) is 1.85. The summed E-state index contributed by atoms with van der Waals surface area (Å²) in [7, 11) is -3.58. The van der Waals surface area contributed by atoms with Crippen LogP contribution in [0.3, 0.4) is 0 Å². The number of sulfonamides is 1. The lowest BCUT2D eigenvalue weighted by molar-refractivity contribution is 0.422. The van der Waals surface area contributed by atoms with Crippen LogP contribution in [-0.2, 0) is 10.0 Å². The molecular formula is C18H22ClN3O2S2. The molecule has 1 aromatic heterocycles. The van der Waals surface area contributed by atoms with Crippen molar-refractivity contribution in [1.29, 1.82) is 0 Å². The fourth-order valence-corrected chi connectivity index (χ4v) is 5.98. The van der Waals surface area contributed by atoms with Crippen molar-refractivity contribution in [3.8, 4) is 0 Å². The van der Waals surface area contributed by atoms with Crippen LogP contribution in [0.2, 0.25) is 5.02 Å². The molecule has 5 nitrogen and oxygen atoms in total. The Hall–Kier alpha value is -1.15. The molecule has 1 aliphatic carbocycles. The minimum absolute atomic E-state index is 0.118. The molecule has 0 unspecified atom stereocenters. The Morgan fingerprint density at radius 2 is 1.69 bits per heavy atom. The predicted molar refractivity (Wildman–Crippen MR) is 105 cm³/mol. The first-order chi connectivity index (χ1) is 12.3. The molecule has 3 rings (SSSR count). The SMILES string of the molecule is Cc1cc(C)nc(S[C@@H]2CCCC[C@@H]2NS(=O)(=O)c2ccc(Cl)cc2)n1. The molecule has 1 N–H and O–H groups in total. The molecule has 1 saturated carbocycles. The molecule has 0 spiro atoms. The maximum atomic E-state index is 12.7. The molecule has 140 valence electrons. The third-order valence-corrected chi connectivity index (χ3v) is 7.37. The highest BCUT2D eigenvalue weighted by atomic mass is 35.5. The van der Waals surface area contributed by atoms with Gasteiger partial charge in [-0.15, -0.1) is 0 Å². The van der Waals surface area contributed by atoms with Gasteiger partial charge < -0.3 is 0 Å². The minimum atomic E-state index is -3.58. The number of aromatic nitrogens is 2. The van der Waals surface area contributed by atoms with Gasteiger partial charge in [-0.2, -0.15) is 0 Å². The van der Waals surface area contributed by atoms with Gasteiger partial charge in [0.05, 0.1) is 4.90 Å². The minimum Gasteiger partial charge on any atom is -0.228 e. The number of nitrogens with zero attached hydrogens (tertiary/aromatic N) is 2. The zero-order chi connectivity index (χ0) is 18.7. The van der Waals surface area contributed by atoms with E-state index in [1.54, 1.807) is 23.9 Å². The highest BCUT2D eigenvalue weighted by Crippen LogP contribution is 2.33. The fraction of sp³-hybridized carbons (Fsp3) is 0.444. The number of benzene rings is 1. The Bertz CT molecular complexity index is 852. The number of hydrogen-bond acceptors (Lipinski definition) is 5. The third kappa shape index (κ3) is 4.97. The summed E-state index contributed by atoms with van der Waals surface area (Å²) >= 11 is 7.43. The van der Waals surface area contributed by atoms with Crippen LogP contribution in [0, 0.1) is 13.8 Å². The summed E-state index contributed by atoms with van der Waals surface area (Å²) in [6, 6.07) is 8.04. The summed E-state index contributed by atoms with van der Waals surface area (Å²) in [6.07, 6.45) is 3.85. The van der Waals surface area contributed by atoms with Crippen molar-refractivity contribution in [2.75, 3.05) is 0 Å². The first-order valence-electron chi connectivity index (χ1n) is 8.60. The fourth-order valence-electron chi connectivity index (χ4n) is 3.14. The topological polar surface area (TPSA) is 72.0 Å². The zero-order valence-corrected chi connectivity index (χ0v) is 17.2. The van der Waals surface area contributed by atoms with Crippen molar-refractivity contribution >= 4 is 33.4 Å². The number of hydrogen-bond donors (Lipinski definition) is 1. The lowest BCUT2D eigenvalue weighted by Gasteiger charge is -2.31. The normalized spacial score (nSPS) is 20.9. The standard InChI is InChI=1S/C18H22ClN3O2S2/c1-12-11-13(2)21-18(20-12)25-17-6-4-3-5-16(17)22-26(23,24)15-9-7-14(19)8-10-15/h7-11,16-17,22H,3-6H2,1-2H3/t16-,17+/m0/s1. The molecule has 0 bridgehead atoms. The van der Waals surface area contributed by atoms with Gasteiger partial charge in [-0.25, -0.2) is 23.1 Å². The molecule has 0 aliphatic heterocycles. The van der Waals surface area contributed by atoms with Crippen LogP contribution < -0.4 is 4.72 Å². The second kappa shape index (κ2) is 8.25. The van der Waals surface area contributed by atoms with E-state index in [4.69, 9.17) is 11.6 Å². The summed E-state index contributed by atoms with van der Waals surface area (Å²) in [4.78, 5) is 9.21. The van der Waals surface area contributed by atoms with Gasteiger partial charge in [0.15, 0.2) is 5.16 Å². The smallest absolute Gasteiger partial charge is 0.228 e. The number of thioether (sulfide) groups is 1. The second-order valence-corrected chi connectivity index (χ2v) is 9.91. The van der Waals surface area contributed by atoms with Gasteiger partial charge in [-0.05, 0) is 57.0 Å². The molecule has 1 heterocycles. The van der Waals surface area contributed by atoms with Gasteiger partial charge in [0.1, 0.15) is 0 Å². The number of aryl methyl sites for hydroxylation is 2. The molecule has 2 aromatic rings. The van der Waals surface area contributed by atoms with Gasteiger partial charge >= 0.3 is 0 Å². The maximum absolute atomic E-state index is 12.7. The lowest BCUT2D eigenvalue weighted by Crippen LogP contribution is -2.43. The quantitative estimate of drug-likeness (QED) is 0.749. The largest absolute Gasteiger partial charge is 0.240 e. The summed E-state index contributed by atoms with van der Waals surface area (Å²) in [6.45, 7) is 3.89. The van der Waals surface area contributed by atoms with Gasteiger partial charge in [-0.1, -0.05) is 36.2 Å². The molecule has 1 aromatic carbocycles. The van der Waals surface area contributed by atoms with Gasteiger partial charge in [-0.3, -0.25) is 0 Å². The number of rotatable bonds is 5. The third-order valence-electron chi connectivity index (χ3n) is 4.35. The molecule has 0 saturated heterocycles. The highest BCUT2D eigenvalue weighted by Gasteiger charge is 2.31. The van der Waals surface area contributed by atoms with Crippen LogP contribution in [0.1, 0.15) is 37.1 Å². The van der Waals surface area contributed by atoms with E-state index in [0.29, 0.717) is 10.2 Å².